The van der Waals surface area contributed by atoms with Gasteiger partial charge in [0.2, 0.25) is 0 Å². The van der Waals surface area contributed by atoms with Gasteiger partial charge in [-0.25, -0.2) is 0 Å². The maximum Gasteiger partial charge on any atom is 0.0980 e. The van der Waals surface area contributed by atoms with Crippen molar-refractivity contribution in [2.24, 2.45) is 0 Å². The topological polar surface area (TPSA) is 33.0 Å². The third-order valence-electron chi connectivity index (χ3n) is 0.968. The number of thiol groups is 1. The number of rotatable bonds is 0. The van der Waals surface area contributed by atoms with E-state index in [1.807, 2.05) is 6.07 Å². The van der Waals surface area contributed by atoms with Gasteiger partial charge in [0.25, 0.3) is 0 Å². The standard InChI is InChI=1S/C5H5NOS/c6-1-4-2-7-3-5(4)8/h8H,2-3H2. The Kier molecular flexibility index (Phi) is 1.56. The van der Waals surface area contributed by atoms with Crippen molar-refractivity contribution in [2.45, 2.75) is 0 Å². The molecule has 1 aliphatic heterocycles. The second-order valence-electron chi connectivity index (χ2n) is 1.53. The van der Waals surface area contributed by atoms with Crippen LogP contribution in [0.3, 0.4) is 0 Å². The SMILES string of the molecule is N#CC1=C(S)COC1. The molecule has 0 spiro atoms. The lowest BCUT2D eigenvalue weighted by molar-refractivity contribution is 0.209. The lowest BCUT2D eigenvalue weighted by Gasteiger charge is -1.82. The van der Waals surface area contributed by atoms with E-state index in [2.05, 4.69) is 12.6 Å². The van der Waals surface area contributed by atoms with Crippen LogP contribution in [0.2, 0.25) is 0 Å². The van der Waals surface area contributed by atoms with Gasteiger partial charge in [-0.1, -0.05) is 0 Å². The Hall–Kier alpha value is -0.460. The first kappa shape index (κ1) is 5.67. The quantitative estimate of drug-likeness (QED) is 0.486. The molecule has 3 heteroatoms. The van der Waals surface area contributed by atoms with Gasteiger partial charge in [0.05, 0.1) is 24.9 Å². The molecule has 42 valence electrons. The number of hydrogen-bond donors (Lipinski definition) is 1. The van der Waals surface area contributed by atoms with Gasteiger partial charge < -0.3 is 4.74 Å². The van der Waals surface area contributed by atoms with Crippen LogP contribution in [0.15, 0.2) is 10.5 Å². The molecular formula is C5H5NOS. The van der Waals surface area contributed by atoms with E-state index in [9.17, 15) is 0 Å². The molecule has 0 fully saturated rings. The first-order chi connectivity index (χ1) is 3.84. The van der Waals surface area contributed by atoms with Crippen LogP contribution in [0.5, 0.6) is 0 Å². The summed E-state index contributed by atoms with van der Waals surface area (Å²) in [6.07, 6.45) is 0. The first-order valence-corrected chi connectivity index (χ1v) is 2.68. The molecule has 0 aliphatic carbocycles. The van der Waals surface area contributed by atoms with Crippen molar-refractivity contribution in [3.05, 3.63) is 10.5 Å². The Balaban J connectivity index is 2.77. The summed E-state index contributed by atoms with van der Waals surface area (Å²) in [7, 11) is 0. The van der Waals surface area contributed by atoms with Crippen molar-refractivity contribution < 1.29 is 4.74 Å². The van der Waals surface area contributed by atoms with Gasteiger partial charge in [-0.15, -0.1) is 12.6 Å². The summed E-state index contributed by atoms with van der Waals surface area (Å²) in [5.74, 6) is 0. The average molecular weight is 127 g/mol. The molecule has 8 heavy (non-hydrogen) atoms. The van der Waals surface area contributed by atoms with E-state index in [0.717, 1.165) is 4.91 Å². The summed E-state index contributed by atoms with van der Waals surface area (Å²) < 4.78 is 4.89. The molecule has 1 rings (SSSR count). The summed E-state index contributed by atoms with van der Waals surface area (Å²) in [6.45, 7) is 0.946. The Morgan fingerprint density at radius 3 is 2.62 bits per heavy atom. The highest BCUT2D eigenvalue weighted by Gasteiger charge is 2.09. The maximum atomic E-state index is 8.30. The van der Waals surface area contributed by atoms with Gasteiger partial charge in [-0.3, -0.25) is 0 Å². The van der Waals surface area contributed by atoms with Crippen molar-refractivity contribution in [3.63, 3.8) is 0 Å². The smallest absolute Gasteiger partial charge is 0.0980 e. The van der Waals surface area contributed by atoms with Crippen LogP contribution in [0, 0.1) is 11.3 Å². The summed E-state index contributed by atoms with van der Waals surface area (Å²) in [5.41, 5.74) is 0.660. The van der Waals surface area contributed by atoms with Gasteiger partial charge >= 0.3 is 0 Å². The Morgan fingerprint density at radius 1 is 1.62 bits per heavy atom. The number of nitrogens with zero attached hydrogens (tertiary/aromatic N) is 1. The minimum Gasteiger partial charge on any atom is -0.371 e. The zero-order valence-electron chi connectivity index (χ0n) is 4.22. The lowest BCUT2D eigenvalue weighted by atomic mass is 10.3. The van der Waals surface area contributed by atoms with Crippen LogP contribution in [0.1, 0.15) is 0 Å². The van der Waals surface area contributed by atoms with Crippen LogP contribution >= 0.6 is 12.6 Å². The Labute approximate surface area is 53.2 Å². The van der Waals surface area contributed by atoms with E-state index in [4.69, 9.17) is 10.00 Å². The van der Waals surface area contributed by atoms with Gasteiger partial charge in [-0.05, 0) is 0 Å². The number of hydrogen-bond acceptors (Lipinski definition) is 3. The van der Waals surface area contributed by atoms with E-state index < -0.39 is 0 Å². The molecular weight excluding hydrogens is 122 g/mol. The van der Waals surface area contributed by atoms with Crippen LogP contribution in [-0.4, -0.2) is 13.2 Å². The van der Waals surface area contributed by atoms with Gasteiger partial charge in [-0.2, -0.15) is 5.26 Å². The number of nitriles is 1. The van der Waals surface area contributed by atoms with Crippen molar-refractivity contribution in [1.29, 1.82) is 5.26 Å². The molecule has 0 saturated heterocycles. The molecule has 0 unspecified atom stereocenters. The molecule has 0 aromatic carbocycles. The summed E-state index contributed by atoms with van der Waals surface area (Å²) in [5, 5.41) is 8.30. The highest BCUT2D eigenvalue weighted by Crippen LogP contribution is 2.15. The lowest BCUT2D eigenvalue weighted by Crippen LogP contribution is -1.82. The maximum absolute atomic E-state index is 8.30. The minimum atomic E-state index is 0.440. The van der Waals surface area contributed by atoms with Crippen LogP contribution in [0.4, 0.5) is 0 Å². The third kappa shape index (κ3) is 0.857. The van der Waals surface area contributed by atoms with E-state index in [-0.39, 0.29) is 0 Å². The van der Waals surface area contributed by atoms with Gasteiger partial charge in [0.1, 0.15) is 0 Å². The van der Waals surface area contributed by atoms with Crippen LogP contribution in [0.25, 0.3) is 0 Å². The second kappa shape index (κ2) is 2.21. The summed E-state index contributed by atoms with van der Waals surface area (Å²) in [6, 6.07) is 1.99. The molecule has 0 aromatic heterocycles. The largest absolute Gasteiger partial charge is 0.371 e. The van der Waals surface area contributed by atoms with E-state index >= 15 is 0 Å². The molecule has 0 bridgehead atoms. The molecule has 0 N–H and O–H groups in total. The molecule has 0 saturated carbocycles. The molecule has 2 nitrogen and oxygen atoms in total. The summed E-state index contributed by atoms with van der Waals surface area (Å²) >= 11 is 4.00. The fourth-order valence-corrected chi connectivity index (χ4v) is 0.723. The van der Waals surface area contributed by atoms with Crippen molar-refractivity contribution >= 4 is 12.6 Å². The second-order valence-corrected chi connectivity index (χ2v) is 2.07. The predicted molar refractivity (Wildman–Crippen MR) is 32.4 cm³/mol. The van der Waals surface area contributed by atoms with E-state index in [1.54, 1.807) is 0 Å². The van der Waals surface area contributed by atoms with Crippen LogP contribution in [-0.2, 0) is 4.74 Å². The highest BCUT2D eigenvalue weighted by molar-refractivity contribution is 7.84. The van der Waals surface area contributed by atoms with Crippen molar-refractivity contribution in [3.8, 4) is 6.07 Å². The van der Waals surface area contributed by atoms with Crippen molar-refractivity contribution in [2.75, 3.05) is 13.2 Å². The first-order valence-electron chi connectivity index (χ1n) is 2.23. The fourth-order valence-electron chi connectivity index (χ4n) is 0.517. The molecule has 0 amide bonds. The molecule has 0 atom stereocenters. The predicted octanol–water partition coefficient (Wildman–Crippen LogP) is 0.724. The van der Waals surface area contributed by atoms with Crippen LogP contribution < -0.4 is 0 Å². The fraction of sp³-hybridized carbons (Fsp3) is 0.400. The van der Waals surface area contributed by atoms with Crippen molar-refractivity contribution in [1.82, 2.24) is 0 Å². The van der Waals surface area contributed by atoms with E-state index in [0.29, 0.717) is 18.8 Å². The van der Waals surface area contributed by atoms with Gasteiger partial charge in [0.15, 0.2) is 0 Å². The van der Waals surface area contributed by atoms with E-state index in [1.165, 1.54) is 0 Å². The third-order valence-corrected chi connectivity index (χ3v) is 1.37. The average Bonchev–Trinajstić information content (AvgIpc) is 2.14. The molecule has 0 aromatic rings. The normalized spacial score (nSPS) is 19.0. The zero-order chi connectivity index (χ0) is 5.98. The Morgan fingerprint density at radius 2 is 2.38 bits per heavy atom. The zero-order valence-corrected chi connectivity index (χ0v) is 5.11. The highest BCUT2D eigenvalue weighted by atomic mass is 32.1. The monoisotopic (exact) mass is 127 g/mol. The molecule has 0 radical (unpaired) electrons. The molecule has 1 aliphatic rings. The Bertz CT molecular complexity index is 168. The number of ether oxygens (including phenoxy) is 1. The summed E-state index contributed by atoms with van der Waals surface area (Å²) in [4.78, 5) is 0.771. The molecule has 1 heterocycles. The minimum absolute atomic E-state index is 0.440. The van der Waals surface area contributed by atoms with Gasteiger partial charge in [0, 0.05) is 4.91 Å².